The maximum Gasteiger partial charge on any atom is 0.306 e. The van der Waals surface area contributed by atoms with E-state index in [4.69, 9.17) is 15.9 Å². The minimum Gasteiger partial charge on any atom is -0.494 e. The summed E-state index contributed by atoms with van der Waals surface area (Å²) >= 11 is 0.992. The van der Waals surface area contributed by atoms with Crippen LogP contribution in [0.5, 0.6) is 5.75 Å². The van der Waals surface area contributed by atoms with Crippen LogP contribution in [-0.2, 0) is 0 Å². The summed E-state index contributed by atoms with van der Waals surface area (Å²) in [5.74, 6) is 1.15. The Kier molecular flexibility index (Phi) is 2.90. The number of hydrogen-bond acceptors (Lipinski definition) is 5. The third-order valence-corrected chi connectivity index (χ3v) is 3.83. The number of anilines is 1. The lowest BCUT2D eigenvalue weighted by Gasteiger charge is -2.06. The fourth-order valence-electron chi connectivity index (χ4n) is 2.10. The molecule has 1 aliphatic heterocycles. The number of benzene rings is 1. The molecule has 0 aliphatic carbocycles. The van der Waals surface area contributed by atoms with Gasteiger partial charge in [-0.05, 0) is 25.1 Å². The van der Waals surface area contributed by atoms with Crippen molar-refractivity contribution in [3.63, 3.8) is 0 Å². The maximum atomic E-state index is 11.4. The fraction of sp³-hybridized carbons (Fsp3) is 0.154. The number of amidine groups is 1. The van der Waals surface area contributed by atoms with E-state index in [9.17, 15) is 4.79 Å². The number of thiazole rings is 1. The lowest BCUT2D eigenvalue weighted by molar-refractivity contribution is 0.340. The lowest BCUT2D eigenvalue weighted by Crippen LogP contribution is -2.03. The minimum atomic E-state index is -0.235. The van der Waals surface area contributed by atoms with Gasteiger partial charge in [0.1, 0.15) is 11.6 Å². The fourth-order valence-corrected chi connectivity index (χ4v) is 2.86. The molecule has 7 heteroatoms. The molecule has 0 saturated carbocycles. The topological polar surface area (TPSA) is 104 Å². The highest BCUT2D eigenvalue weighted by Crippen LogP contribution is 2.29. The highest BCUT2D eigenvalue weighted by Gasteiger charge is 2.25. The standard InChI is InChI=1S/C13H12N4O2S/c1-2-19-6-3-4-7-8(5-6)9(16-11(7)14)10-12(15)17-13(18)20-10/h3-5,14H,2,15H2,1H3,(H,17,18). The second-order valence-corrected chi connectivity index (χ2v) is 5.19. The summed E-state index contributed by atoms with van der Waals surface area (Å²) in [6, 6.07) is 5.42. The Morgan fingerprint density at radius 1 is 1.45 bits per heavy atom. The van der Waals surface area contributed by atoms with Gasteiger partial charge in [0.05, 0.1) is 17.2 Å². The zero-order chi connectivity index (χ0) is 14.3. The smallest absolute Gasteiger partial charge is 0.306 e. The summed E-state index contributed by atoms with van der Waals surface area (Å²) in [5.41, 5.74) is 7.82. The molecular formula is C13H12N4O2S. The number of nitrogen functional groups attached to an aromatic ring is 1. The van der Waals surface area contributed by atoms with Gasteiger partial charge >= 0.3 is 4.87 Å². The first-order chi connectivity index (χ1) is 9.60. The second-order valence-electron chi connectivity index (χ2n) is 4.21. The van der Waals surface area contributed by atoms with Crippen LogP contribution >= 0.6 is 11.3 Å². The van der Waals surface area contributed by atoms with Crippen LogP contribution in [-0.4, -0.2) is 23.1 Å². The molecule has 3 rings (SSSR count). The predicted octanol–water partition coefficient (Wildman–Crippen LogP) is 1.59. The number of aliphatic imine (C=N–C) groups is 1. The Bertz CT molecular complexity index is 788. The summed E-state index contributed by atoms with van der Waals surface area (Å²) in [5, 5.41) is 7.91. The average molecular weight is 288 g/mol. The van der Waals surface area contributed by atoms with Gasteiger partial charge in [0.15, 0.2) is 5.84 Å². The third-order valence-electron chi connectivity index (χ3n) is 2.93. The first-order valence-electron chi connectivity index (χ1n) is 6.04. The van der Waals surface area contributed by atoms with Crippen molar-refractivity contribution in [2.45, 2.75) is 6.92 Å². The number of aromatic amines is 1. The minimum absolute atomic E-state index is 0.165. The molecule has 4 N–H and O–H groups in total. The molecule has 0 atom stereocenters. The highest BCUT2D eigenvalue weighted by atomic mass is 32.1. The number of nitrogens with zero attached hydrogens (tertiary/aromatic N) is 1. The number of ether oxygens (including phenoxy) is 1. The van der Waals surface area contributed by atoms with Crippen LogP contribution in [0, 0.1) is 5.41 Å². The molecule has 2 aromatic rings. The van der Waals surface area contributed by atoms with E-state index < -0.39 is 0 Å². The van der Waals surface area contributed by atoms with Crippen molar-refractivity contribution >= 4 is 28.7 Å². The Morgan fingerprint density at radius 3 is 2.90 bits per heavy atom. The molecule has 0 unspecified atom stereocenters. The van der Waals surface area contributed by atoms with Gasteiger partial charge in [0.25, 0.3) is 0 Å². The summed E-state index contributed by atoms with van der Waals surface area (Å²) in [6.45, 7) is 2.46. The van der Waals surface area contributed by atoms with Gasteiger partial charge in [-0.2, -0.15) is 0 Å². The zero-order valence-electron chi connectivity index (χ0n) is 10.7. The largest absolute Gasteiger partial charge is 0.494 e. The predicted molar refractivity (Wildman–Crippen MR) is 79.4 cm³/mol. The van der Waals surface area contributed by atoms with Crippen LogP contribution in [0.3, 0.4) is 0 Å². The van der Waals surface area contributed by atoms with E-state index in [1.807, 2.05) is 13.0 Å². The van der Waals surface area contributed by atoms with Gasteiger partial charge in [-0.1, -0.05) is 11.3 Å². The number of H-pyrrole nitrogens is 1. The van der Waals surface area contributed by atoms with E-state index >= 15 is 0 Å². The summed E-state index contributed by atoms with van der Waals surface area (Å²) in [6.07, 6.45) is 0. The van der Waals surface area contributed by atoms with E-state index in [1.54, 1.807) is 12.1 Å². The summed E-state index contributed by atoms with van der Waals surface area (Å²) in [4.78, 5) is 18.5. The zero-order valence-corrected chi connectivity index (χ0v) is 11.5. The van der Waals surface area contributed by atoms with Crippen molar-refractivity contribution in [3.05, 3.63) is 43.9 Å². The van der Waals surface area contributed by atoms with Gasteiger partial charge in [-0.3, -0.25) is 15.2 Å². The van der Waals surface area contributed by atoms with Gasteiger partial charge in [0, 0.05) is 11.1 Å². The van der Waals surface area contributed by atoms with E-state index in [2.05, 4.69) is 9.98 Å². The normalized spacial score (nSPS) is 13.2. The molecule has 0 saturated heterocycles. The molecule has 1 aromatic heterocycles. The Morgan fingerprint density at radius 2 is 2.25 bits per heavy atom. The number of aromatic nitrogens is 1. The van der Waals surface area contributed by atoms with Gasteiger partial charge in [-0.25, -0.2) is 4.99 Å². The Balaban J connectivity index is 2.15. The third kappa shape index (κ3) is 1.92. The van der Waals surface area contributed by atoms with Crippen molar-refractivity contribution in [3.8, 4) is 5.75 Å². The molecule has 2 heterocycles. The Hall–Kier alpha value is -2.41. The molecule has 0 fully saturated rings. The number of nitrogens with two attached hydrogens (primary N) is 1. The molecule has 1 aromatic carbocycles. The highest BCUT2D eigenvalue weighted by molar-refractivity contribution is 7.12. The molecule has 1 aliphatic rings. The lowest BCUT2D eigenvalue weighted by atomic mass is 10.0. The molecule has 6 nitrogen and oxygen atoms in total. The molecule has 0 amide bonds. The first kappa shape index (κ1) is 12.6. The van der Waals surface area contributed by atoms with E-state index in [-0.39, 0.29) is 16.5 Å². The van der Waals surface area contributed by atoms with Crippen molar-refractivity contribution in [2.75, 3.05) is 12.3 Å². The van der Waals surface area contributed by atoms with Gasteiger partial charge < -0.3 is 10.5 Å². The molecule has 0 bridgehead atoms. The van der Waals surface area contributed by atoms with Crippen LogP contribution in [0.2, 0.25) is 0 Å². The van der Waals surface area contributed by atoms with E-state index in [1.165, 1.54) is 0 Å². The number of hydrogen-bond donors (Lipinski definition) is 3. The van der Waals surface area contributed by atoms with E-state index in [0.717, 1.165) is 16.9 Å². The Labute approximate surface area is 118 Å². The van der Waals surface area contributed by atoms with Crippen molar-refractivity contribution in [1.82, 2.24) is 4.98 Å². The monoisotopic (exact) mass is 288 g/mol. The van der Waals surface area contributed by atoms with Crippen LogP contribution in [0.25, 0.3) is 0 Å². The van der Waals surface area contributed by atoms with E-state index in [0.29, 0.717) is 28.5 Å². The second kappa shape index (κ2) is 4.61. The number of rotatable bonds is 3. The summed E-state index contributed by atoms with van der Waals surface area (Å²) < 4.78 is 5.46. The van der Waals surface area contributed by atoms with Crippen molar-refractivity contribution in [1.29, 1.82) is 5.41 Å². The maximum absolute atomic E-state index is 11.4. The average Bonchev–Trinajstić information content (AvgIpc) is 2.90. The first-order valence-corrected chi connectivity index (χ1v) is 6.85. The quantitative estimate of drug-likeness (QED) is 0.798. The van der Waals surface area contributed by atoms with Crippen LogP contribution in [0.4, 0.5) is 5.82 Å². The summed E-state index contributed by atoms with van der Waals surface area (Å²) in [7, 11) is 0. The van der Waals surface area contributed by atoms with Gasteiger partial charge in [0.2, 0.25) is 0 Å². The van der Waals surface area contributed by atoms with Crippen molar-refractivity contribution in [2.24, 2.45) is 4.99 Å². The molecule has 0 spiro atoms. The van der Waals surface area contributed by atoms with Gasteiger partial charge in [-0.15, -0.1) is 0 Å². The molecule has 0 radical (unpaired) electrons. The van der Waals surface area contributed by atoms with Crippen LogP contribution in [0.1, 0.15) is 22.9 Å². The molecule has 20 heavy (non-hydrogen) atoms. The molecule has 102 valence electrons. The van der Waals surface area contributed by atoms with Crippen molar-refractivity contribution < 1.29 is 4.74 Å². The SMILES string of the molecule is CCOc1ccc2c(c1)C(c1sc(=O)[nH]c1N)=NC2=N. The van der Waals surface area contributed by atoms with Crippen LogP contribution in [0.15, 0.2) is 28.0 Å². The number of fused-ring (bicyclic) bond motifs is 1. The molecular weight excluding hydrogens is 276 g/mol. The number of nitrogens with one attached hydrogen (secondary N) is 2. The van der Waals surface area contributed by atoms with Crippen LogP contribution < -0.4 is 15.3 Å².